The van der Waals surface area contributed by atoms with E-state index in [4.69, 9.17) is 4.74 Å². The Kier molecular flexibility index (Phi) is 4.67. The Bertz CT molecular complexity index is 1030. The summed E-state index contributed by atoms with van der Waals surface area (Å²) in [6.45, 7) is 3.28. The zero-order valence-corrected chi connectivity index (χ0v) is 19.5. The van der Waals surface area contributed by atoms with Gasteiger partial charge in [-0.3, -0.25) is 4.79 Å². The molecule has 162 valence electrons. The second-order valence-electron chi connectivity index (χ2n) is 10.4. The maximum absolute atomic E-state index is 12.2. The molecular weight excluding hydrogens is 400 g/mol. The average Bonchev–Trinajstić information content (AvgIpc) is 3.39. The van der Waals surface area contributed by atoms with Crippen LogP contribution in [0.15, 0.2) is 58.0 Å². The number of rotatable bonds is 2. The number of thioether (sulfide) groups is 1. The second kappa shape index (κ2) is 7.22. The van der Waals surface area contributed by atoms with Crippen LogP contribution in [-0.4, -0.2) is 24.2 Å². The summed E-state index contributed by atoms with van der Waals surface area (Å²) in [4.78, 5) is 13.5. The molecule has 6 rings (SSSR count). The van der Waals surface area contributed by atoms with E-state index in [1.54, 1.807) is 28.5 Å². The van der Waals surface area contributed by atoms with Gasteiger partial charge in [-0.25, -0.2) is 0 Å². The summed E-state index contributed by atoms with van der Waals surface area (Å²) < 4.78 is 6.50. The van der Waals surface area contributed by atoms with Crippen LogP contribution in [0.3, 0.4) is 0 Å². The standard InChI is InChI=1S/C28H32O2S/c1-27-17-24(18-4-8-21(31-2)9-5-18)26-22-11-7-20(29)16-19(22)6-10-23(26)25(27)12-14-28(27)13-3-15-30-28/h3-5,8-9,13,23,25H,6-7,10-12,14-17H2,1-2H3/t23-,25-,27-,28?/m0/s1. The quantitative estimate of drug-likeness (QED) is 0.381. The van der Waals surface area contributed by atoms with Gasteiger partial charge in [-0.15, -0.1) is 11.8 Å². The molecule has 0 saturated heterocycles. The fraction of sp³-hybridized carbons (Fsp3) is 0.536. The summed E-state index contributed by atoms with van der Waals surface area (Å²) in [7, 11) is 0. The van der Waals surface area contributed by atoms with E-state index < -0.39 is 0 Å². The number of carbonyl (C=O) groups is 1. The minimum Gasteiger partial charge on any atom is -0.366 e. The molecule has 1 unspecified atom stereocenters. The van der Waals surface area contributed by atoms with E-state index >= 15 is 0 Å². The summed E-state index contributed by atoms with van der Waals surface area (Å²) in [6.07, 6.45) is 15.0. The third-order valence-electron chi connectivity index (χ3n) is 9.17. The maximum atomic E-state index is 12.2. The molecular formula is C28H32O2S. The van der Waals surface area contributed by atoms with Gasteiger partial charge in [-0.2, -0.15) is 0 Å². The van der Waals surface area contributed by atoms with Gasteiger partial charge in [0.1, 0.15) is 5.78 Å². The lowest BCUT2D eigenvalue weighted by atomic mass is 9.53. The number of fused-ring (bicyclic) bond motifs is 5. The number of hydrogen-bond acceptors (Lipinski definition) is 3. The SMILES string of the molecule is CSc1ccc(C2=C3C4=C(CC[C@H]3[C@@H]3CCC5(C=CCO5)[C@@]3(C)C2)CC(=O)CC4)cc1. The molecule has 1 aliphatic heterocycles. The van der Waals surface area contributed by atoms with Crippen LogP contribution in [0.1, 0.15) is 63.9 Å². The smallest absolute Gasteiger partial charge is 0.137 e. The first-order valence-electron chi connectivity index (χ1n) is 12.0. The number of ketones is 1. The van der Waals surface area contributed by atoms with Gasteiger partial charge in [-0.05, 0) is 91.0 Å². The minimum absolute atomic E-state index is 0.0924. The number of carbonyl (C=O) groups excluding carboxylic acids is 1. The Morgan fingerprint density at radius 1 is 1.06 bits per heavy atom. The molecule has 1 saturated carbocycles. The maximum Gasteiger partial charge on any atom is 0.137 e. The van der Waals surface area contributed by atoms with Crippen molar-refractivity contribution >= 4 is 23.1 Å². The average molecular weight is 433 g/mol. The van der Waals surface area contributed by atoms with Crippen LogP contribution in [0, 0.1) is 17.3 Å². The fourth-order valence-electron chi connectivity index (χ4n) is 7.67. The normalized spacial score (nSPS) is 36.8. The molecule has 1 fully saturated rings. The molecule has 0 aromatic heterocycles. The predicted octanol–water partition coefficient (Wildman–Crippen LogP) is 6.77. The van der Waals surface area contributed by atoms with Gasteiger partial charge < -0.3 is 4.74 Å². The highest BCUT2D eigenvalue weighted by molar-refractivity contribution is 7.98. The summed E-state index contributed by atoms with van der Waals surface area (Å²) >= 11 is 1.80. The number of hydrogen-bond donors (Lipinski definition) is 0. The highest BCUT2D eigenvalue weighted by Gasteiger charge is 2.62. The summed E-state index contributed by atoms with van der Waals surface area (Å²) in [5, 5.41) is 0. The molecule has 4 atom stereocenters. The van der Waals surface area contributed by atoms with Crippen molar-refractivity contribution in [3.63, 3.8) is 0 Å². The zero-order valence-electron chi connectivity index (χ0n) is 18.7. The lowest BCUT2D eigenvalue weighted by Gasteiger charge is -2.52. The Hall–Kier alpha value is -1.58. The van der Waals surface area contributed by atoms with Crippen molar-refractivity contribution in [2.45, 2.75) is 68.8 Å². The van der Waals surface area contributed by atoms with Gasteiger partial charge in [0.2, 0.25) is 0 Å². The molecule has 1 aromatic rings. The molecule has 31 heavy (non-hydrogen) atoms. The van der Waals surface area contributed by atoms with E-state index in [-0.39, 0.29) is 11.0 Å². The molecule has 0 radical (unpaired) electrons. The van der Waals surface area contributed by atoms with E-state index in [0.717, 1.165) is 38.7 Å². The largest absolute Gasteiger partial charge is 0.366 e. The van der Waals surface area contributed by atoms with E-state index in [0.29, 0.717) is 24.0 Å². The van der Waals surface area contributed by atoms with Crippen LogP contribution >= 0.6 is 11.8 Å². The first-order valence-corrected chi connectivity index (χ1v) is 13.2. The van der Waals surface area contributed by atoms with Crippen LogP contribution in [0.5, 0.6) is 0 Å². The second-order valence-corrected chi connectivity index (χ2v) is 11.3. The van der Waals surface area contributed by atoms with Crippen molar-refractivity contribution in [1.82, 2.24) is 0 Å². The Balaban J connectivity index is 1.54. The minimum atomic E-state index is -0.0924. The van der Waals surface area contributed by atoms with Crippen molar-refractivity contribution < 1.29 is 9.53 Å². The number of benzene rings is 1. The molecule has 1 aromatic carbocycles. The summed E-state index contributed by atoms with van der Waals surface area (Å²) in [5.74, 6) is 1.72. The molecule has 3 heteroatoms. The van der Waals surface area contributed by atoms with Crippen molar-refractivity contribution in [3.05, 3.63) is 58.7 Å². The number of ether oxygens (including phenoxy) is 1. The van der Waals surface area contributed by atoms with Gasteiger partial charge in [0.05, 0.1) is 12.2 Å². The van der Waals surface area contributed by atoms with E-state index in [2.05, 4.69) is 49.6 Å². The van der Waals surface area contributed by atoms with Crippen molar-refractivity contribution in [2.75, 3.05) is 12.9 Å². The topological polar surface area (TPSA) is 26.3 Å². The Morgan fingerprint density at radius 3 is 2.65 bits per heavy atom. The van der Waals surface area contributed by atoms with Gasteiger partial charge in [0.25, 0.3) is 0 Å². The van der Waals surface area contributed by atoms with Gasteiger partial charge in [0, 0.05) is 23.2 Å². The fourth-order valence-corrected chi connectivity index (χ4v) is 8.07. The third kappa shape index (κ3) is 2.85. The Labute approximate surface area is 190 Å². The number of allylic oxidation sites excluding steroid dienone is 4. The molecule has 0 N–H and O–H groups in total. The summed E-state index contributed by atoms with van der Waals surface area (Å²) in [6, 6.07) is 9.22. The van der Waals surface area contributed by atoms with Gasteiger partial charge in [0.15, 0.2) is 0 Å². The third-order valence-corrected chi connectivity index (χ3v) is 9.92. The molecule has 0 bridgehead atoms. The highest BCUT2D eigenvalue weighted by atomic mass is 32.2. The number of Topliss-reactive ketones (excluding diaryl/α,β-unsaturated/α-hetero) is 1. The van der Waals surface area contributed by atoms with Crippen LogP contribution in [0.25, 0.3) is 5.57 Å². The van der Waals surface area contributed by atoms with Gasteiger partial charge >= 0.3 is 0 Å². The van der Waals surface area contributed by atoms with Crippen LogP contribution in [0.4, 0.5) is 0 Å². The monoisotopic (exact) mass is 432 g/mol. The van der Waals surface area contributed by atoms with Crippen molar-refractivity contribution in [1.29, 1.82) is 0 Å². The lowest BCUT2D eigenvalue weighted by Crippen LogP contribution is -2.49. The van der Waals surface area contributed by atoms with E-state index in [9.17, 15) is 4.79 Å². The van der Waals surface area contributed by atoms with E-state index in [1.165, 1.54) is 28.9 Å². The first kappa shape index (κ1) is 20.1. The van der Waals surface area contributed by atoms with Crippen LogP contribution in [-0.2, 0) is 9.53 Å². The summed E-state index contributed by atoms with van der Waals surface area (Å²) in [5.41, 5.74) is 7.62. The van der Waals surface area contributed by atoms with Crippen LogP contribution in [0.2, 0.25) is 0 Å². The Morgan fingerprint density at radius 2 is 1.90 bits per heavy atom. The lowest BCUT2D eigenvalue weighted by molar-refractivity contribution is -0.118. The first-order chi connectivity index (χ1) is 15.0. The van der Waals surface area contributed by atoms with Crippen molar-refractivity contribution in [2.24, 2.45) is 17.3 Å². The molecule has 0 amide bonds. The predicted molar refractivity (Wildman–Crippen MR) is 127 cm³/mol. The van der Waals surface area contributed by atoms with E-state index in [1.807, 2.05) is 0 Å². The van der Waals surface area contributed by atoms with Crippen molar-refractivity contribution in [3.8, 4) is 0 Å². The molecule has 2 nitrogen and oxygen atoms in total. The van der Waals surface area contributed by atoms with Gasteiger partial charge in [-0.1, -0.05) is 36.8 Å². The van der Waals surface area contributed by atoms with Crippen LogP contribution < -0.4 is 0 Å². The molecule has 1 heterocycles. The zero-order chi connectivity index (χ0) is 21.2. The highest BCUT2D eigenvalue weighted by Crippen LogP contribution is 2.67. The molecule has 4 aliphatic carbocycles. The molecule has 1 spiro atoms. The molecule has 5 aliphatic rings.